The molecular weight excluding hydrogens is 568 g/mol. The van der Waals surface area contributed by atoms with E-state index in [0.29, 0.717) is 0 Å². The molecule has 0 spiro atoms. The smallest absolute Gasteiger partial charge is 0.0571 e. The molecule has 2 aliphatic heterocycles. The van der Waals surface area contributed by atoms with E-state index >= 15 is 0 Å². The normalized spacial score (nSPS) is 14.6. The van der Waals surface area contributed by atoms with Crippen LogP contribution in [0.1, 0.15) is 142 Å². The summed E-state index contributed by atoms with van der Waals surface area (Å²) in [5.41, 5.74) is 2.69. The summed E-state index contributed by atoms with van der Waals surface area (Å²) in [6.07, 6.45) is 41.5. The lowest BCUT2D eigenvalue weighted by molar-refractivity contribution is 0.371. The second kappa shape index (κ2) is 27.5. The molecule has 2 aliphatic rings. The predicted molar refractivity (Wildman–Crippen MR) is 188 cm³/mol. The zero-order chi connectivity index (χ0) is 28.4. The lowest BCUT2D eigenvalue weighted by Gasteiger charge is -2.27. The molecule has 0 bridgehead atoms. The number of halogens is 1. The van der Waals surface area contributed by atoms with Crippen molar-refractivity contribution in [3.05, 3.63) is 48.1 Å². The van der Waals surface area contributed by atoms with Crippen molar-refractivity contribution >= 4 is 17.0 Å². The summed E-state index contributed by atoms with van der Waals surface area (Å²) < 4.78 is 0. The number of nitrogens with zero attached hydrogens (tertiary/aromatic N) is 2. The van der Waals surface area contributed by atoms with Gasteiger partial charge in [-0.05, 0) is 49.5 Å². The Kier molecular flexibility index (Phi) is 25.2. The second-order valence-corrected chi connectivity index (χ2v) is 12.2. The van der Waals surface area contributed by atoms with Gasteiger partial charge in [-0.25, -0.2) is 0 Å². The van der Waals surface area contributed by atoms with Crippen molar-refractivity contribution < 1.29 is 0 Å². The molecule has 0 fully saturated rings. The molecule has 0 aromatic rings. The zero-order valence-corrected chi connectivity index (χ0v) is 28.9. The summed E-state index contributed by atoms with van der Waals surface area (Å²) in [4.78, 5) is 4.95. The molecule has 0 aliphatic carbocycles. The highest BCUT2D eigenvalue weighted by molar-refractivity contribution is 8.93. The molecule has 0 atom stereocenters. The third-order valence-electron chi connectivity index (χ3n) is 8.36. The average molecular weight is 636 g/mol. The first kappa shape index (κ1) is 37.7. The average Bonchev–Trinajstić information content (AvgIpc) is 2.98. The van der Waals surface area contributed by atoms with Crippen LogP contribution >= 0.6 is 17.0 Å². The van der Waals surface area contributed by atoms with Crippen LogP contribution in [-0.2, 0) is 0 Å². The van der Waals surface area contributed by atoms with Gasteiger partial charge < -0.3 is 20.4 Å². The quantitative estimate of drug-likeness (QED) is 0.0880. The summed E-state index contributed by atoms with van der Waals surface area (Å²) in [7, 11) is 0. The van der Waals surface area contributed by atoms with Gasteiger partial charge in [0.25, 0.3) is 0 Å². The number of allylic oxidation sites excluding steroid dienone is 4. The Hall–Kier alpha value is -1.36. The Morgan fingerprint density at radius 1 is 0.488 bits per heavy atom. The van der Waals surface area contributed by atoms with E-state index in [2.05, 4.69) is 71.0 Å². The lowest BCUT2D eigenvalue weighted by Crippen LogP contribution is -2.35. The number of unbranched alkanes of at least 4 members (excludes halogenated alkanes) is 18. The summed E-state index contributed by atoms with van der Waals surface area (Å²) in [6.45, 7) is 10.9. The largest absolute Gasteiger partial charge is 0.385 e. The van der Waals surface area contributed by atoms with Gasteiger partial charge in [-0.15, -0.1) is 17.0 Å². The monoisotopic (exact) mass is 634 g/mol. The Bertz CT molecular complexity index is 654. The van der Waals surface area contributed by atoms with Crippen LogP contribution in [0.15, 0.2) is 48.1 Å². The summed E-state index contributed by atoms with van der Waals surface area (Å²) in [6, 6.07) is 0. The van der Waals surface area contributed by atoms with E-state index in [9.17, 15) is 0 Å². The zero-order valence-electron chi connectivity index (χ0n) is 27.2. The van der Waals surface area contributed by atoms with E-state index in [0.717, 1.165) is 26.2 Å². The minimum Gasteiger partial charge on any atom is -0.385 e. The molecule has 0 saturated heterocycles. The molecule has 0 unspecified atom stereocenters. The fourth-order valence-electron chi connectivity index (χ4n) is 5.80. The van der Waals surface area contributed by atoms with Crippen molar-refractivity contribution in [3.8, 4) is 0 Å². The van der Waals surface area contributed by atoms with E-state index in [4.69, 9.17) is 0 Å². The Balaban J connectivity index is 0.00000840. The predicted octanol–water partition coefficient (Wildman–Crippen LogP) is 10.0. The molecule has 5 heteroatoms. The maximum absolute atomic E-state index is 3.66. The molecule has 2 rings (SSSR count). The van der Waals surface area contributed by atoms with Crippen LogP contribution < -0.4 is 10.6 Å². The summed E-state index contributed by atoms with van der Waals surface area (Å²) in [5, 5.41) is 7.32. The molecule has 0 radical (unpaired) electrons. The standard InChI is InChI=1S/C36H66N4.BrH/c1-3-5-7-9-11-13-15-17-19-21-29-39-31-23-25-35(33-39)37-27-28-38-36-26-24-32-40(34-36)30-22-20-18-16-14-12-10-8-6-4-2;/h23-26,31-32,37-38H,3-22,27-30,33-34H2,1-2H3;1H. The Morgan fingerprint density at radius 2 is 0.805 bits per heavy atom. The van der Waals surface area contributed by atoms with Crippen molar-refractivity contribution in [2.75, 3.05) is 39.3 Å². The van der Waals surface area contributed by atoms with Crippen molar-refractivity contribution in [1.82, 2.24) is 20.4 Å². The first-order valence-electron chi connectivity index (χ1n) is 17.5. The Morgan fingerprint density at radius 3 is 1.15 bits per heavy atom. The third kappa shape index (κ3) is 21.1. The molecule has 0 saturated carbocycles. The van der Waals surface area contributed by atoms with Gasteiger partial charge in [-0.3, -0.25) is 0 Å². The first-order chi connectivity index (χ1) is 19.8. The van der Waals surface area contributed by atoms with Gasteiger partial charge in [0.1, 0.15) is 0 Å². The minimum atomic E-state index is 0. The van der Waals surface area contributed by atoms with E-state index in [1.54, 1.807) is 0 Å². The topological polar surface area (TPSA) is 30.5 Å². The van der Waals surface area contributed by atoms with E-state index in [1.165, 1.54) is 153 Å². The molecule has 0 aromatic heterocycles. The van der Waals surface area contributed by atoms with Crippen LogP contribution in [0.4, 0.5) is 0 Å². The van der Waals surface area contributed by atoms with Gasteiger partial charge in [0.05, 0.1) is 13.1 Å². The maximum Gasteiger partial charge on any atom is 0.0571 e. The third-order valence-corrected chi connectivity index (χ3v) is 8.36. The molecule has 2 N–H and O–H groups in total. The van der Waals surface area contributed by atoms with Crippen molar-refractivity contribution in [2.24, 2.45) is 0 Å². The molecule has 4 nitrogen and oxygen atoms in total. The van der Waals surface area contributed by atoms with Crippen molar-refractivity contribution in [1.29, 1.82) is 0 Å². The SMILES string of the molecule is Br.CCCCCCCCCCCCN1C=CC=C(NCCNC2=CC=CN(CCCCCCCCCCCC)C2)C1. The molecule has 0 aromatic carbocycles. The van der Waals surface area contributed by atoms with Crippen LogP contribution in [0.2, 0.25) is 0 Å². The molecule has 41 heavy (non-hydrogen) atoms. The van der Waals surface area contributed by atoms with Crippen LogP contribution in [0, 0.1) is 0 Å². The van der Waals surface area contributed by atoms with Gasteiger partial charge in [-0.1, -0.05) is 129 Å². The van der Waals surface area contributed by atoms with Gasteiger partial charge in [-0.2, -0.15) is 0 Å². The maximum atomic E-state index is 3.66. The fourth-order valence-corrected chi connectivity index (χ4v) is 5.80. The number of hydrogen-bond acceptors (Lipinski definition) is 4. The number of hydrogen-bond donors (Lipinski definition) is 2. The molecule has 0 amide bonds. The van der Waals surface area contributed by atoms with E-state index in [1.807, 2.05) is 0 Å². The molecule has 238 valence electrons. The fraction of sp³-hybridized carbons (Fsp3) is 0.778. The van der Waals surface area contributed by atoms with Crippen LogP contribution in [0.25, 0.3) is 0 Å². The minimum absolute atomic E-state index is 0. The number of rotatable bonds is 27. The van der Waals surface area contributed by atoms with E-state index in [-0.39, 0.29) is 17.0 Å². The Labute approximate surface area is 266 Å². The van der Waals surface area contributed by atoms with Crippen LogP contribution in [0.3, 0.4) is 0 Å². The van der Waals surface area contributed by atoms with Crippen LogP contribution in [0.5, 0.6) is 0 Å². The molecular formula is C36H67BrN4. The van der Waals surface area contributed by atoms with Gasteiger partial charge in [0.15, 0.2) is 0 Å². The first-order valence-corrected chi connectivity index (χ1v) is 17.5. The van der Waals surface area contributed by atoms with Crippen molar-refractivity contribution in [3.63, 3.8) is 0 Å². The number of nitrogens with one attached hydrogen (secondary N) is 2. The van der Waals surface area contributed by atoms with E-state index < -0.39 is 0 Å². The van der Waals surface area contributed by atoms with Crippen molar-refractivity contribution in [2.45, 2.75) is 142 Å². The van der Waals surface area contributed by atoms with Gasteiger partial charge in [0.2, 0.25) is 0 Å². The summed E-state index contributed by atoms with van der Waals surface area (Å²) in [5.74, 6) is 0. The van der Waals surface area contributed by atoms with Gasteiger partial charge in [0, 0.05) is 37.6 Å². The van der Waals surface area contributed by atoms with Gasteiger partial charge >= 0.3 is 0 Å². The lowest BCUT2D eigenvalue weighted by atomic mass is 10.1. The highest BCUT2D eigenvalue weighted by Crippen LogP contribution is 2.14. The highest BCUT2D eigenvalue weighted by atomic mass is 79.9. The van der Waals surface area contributed by atoms with Crippen LogP contribution in [-0.4, -0.2) is 49.1 Å². The summed E-state index contributed by atoms with van der Waals surface area (Å²) >= 11 is 0. The second-order valence-electron chi connectivity index (χ2n) is 12.2. The molecule has 2 heterocycles. The highest BCUT2D eigenvalue weighted by Gasteiger charge is 2.09.